The molecule has 4 aromatic carbocycles. The van der Waals surface area contributed by atoms with Crippen LogP contribution in [0.25, 0.3) is 33.9 Å². The first-order chi connectivity index (χ1) is 19.7. The number of hydrogen-bond donors (Lipinski definition) is 1. The van der Waals surface area contributed by atoms with E-state index in [1.807, 2.05) is 108 Å². The fourth-order valence-electron chi connectivity index (χ4n) is 4.73. The van der Waals surface area contributed by atoms with Gasteiger partial charge >= 0.3 is 0 Å². The largest absolute Gasteiger partial charge is 0.316 e. The molecule has 0 unspecified atom stereocenters. The van der Waals surface area contributed by atoms with E-state index in [0.717, 1.165) is 44.1 Å². The maximum Gasteiger partial charge on any atom is 0.271 e. The van der Waals surface area contributed by atoms with E-state index in [0.29, 0.717) is 5.56 Å². The van der Waals surface area contributed by atoms with Crippen molar-refractivity contribution in [3.63, 3.8) is 0 Å². The van der Waals surface area contributed by atoms with E-state index in [1.54, 1.807) is 6.21 Å². The number of nitrogens with zero attached hydrogens (tertiary/aromatic N) is 3. The highest BCUT2D eigenvalue weighted by Crippen LogP contribution is 2.32. The number of hydrogen-bond acceptors (Lipinski definition) is 2. The van der Waals surface area contributed by atoms with Crippen LogP contribution in [0.3, 0.4) is 0 Å². The maximum absolute atomic E-state index is 12.9. The van der Waals surface area contributed by atoms with Gasteiger partial charge in [0.05, 0.1) is 23.3 Å². The minimum Gasteiger partial charge on any atom is -0.316 e. The van der Waals surface area contributed by atoms with E-state index in [1.165, 1.54) is 0 Å². The minimum atomic E-state index is -0.276. The smallest absolute Gasteiger partial charge is 0.271 e. The Morgan fingerprint density at radius 3 is 1.95 bits per heavy atom. The van der Waals surface area contributed by atoms with Gasteiger partial charge in [-0.15, -0.1) is 0 Å². The molecule has 0 bridgehead atoms. The summed E-state index contributed by atoms with van der Waals surface area (Å²) < 4.78 is 5.21. The van der Waals surface area contributed by atoms with Gasteiger partial charge in [0, 0.05) is 27.6 Å². The van der Waals surface area contributed by atoms with E-state index in [4.69, 9.17) is 0 Å². The van der Waals surface area contributed by atoms with Crippen LogP contribution in [0.1, 0.15) is 16.1 Å². The SMILES string of the molecule is O=C(N/N=C\c1cccn1-c1cccc(Br)c1)c1ccc(-n2c(-c3ccccc3)ccc2-c2ccccc2)cc1. The molecule has 1 amide bonds. The van der Waals surface area contributed by atoms with Gasteiger partial charge in [0.1, 0.15) is 0 Å². The van der Waals surface area contributed by atoms with Crippen molar-refractivity contribution >= 4 is 28.1 Å². The van der Waals surface area contributed by atoms with Crippen LogP contribution in [0.5, 0.6) is 0 Å². The van der Waals surface area contributed by atoms with E-state index in [9.17, 15) is 4.79 Å². The Morgan fingerprint density at radius 1 is 0.675 bits per heavy atom. The second-order valence-corrected chi connectivity index (χ2v) is 10.1. The van der Waals surface area contributed by atoms with Crippen molar-refractivity contribution in [3.8, 4) is 33.9 Å². The third kappa shape index (κ3) is 5.30. The van der Waals surface area contributed by atoms with Gasteiger partial charge in [-0.3, -0.25) is 4.79 Å². The molecule has 2 aromatic heterocycles. The van der Waals surface area contributed by atoms with Gasteiger partial charge in [0.25, 0.3) is 5.91 Å². The molecule has 0 spiro atoms. The Labute approximate surface area is 241 Å². The normalized spacial score (nSPS) is 11.1. The summed E-state index contributed by atoms with van der Waals surface area (Å²) in [5.74, 6) is -0.276. The van der Waals surface area contributed by atoms with E-state index < -0.39 is 0 Å². The average molecular weight is 586 g/mol. The summed E-state index contributed by atoms with van der Waals surface area (Å²) in [6, 6.07) is 44.4. The van der Waals surface area contributed by atoms with E-state index in [2.05, 4.69) is 67.4 Å². The third-order valence-electron chi connectivity index (χ3n) is 6.64. The zero-order chi connectivity index (χ0) is 27.3. The van der Waals surface area contributed by atoms with Gasteiger partial charge in [0.2, 0.25) is 0 Å². The van der Waals surface area contributed by atoms with Gasteiger partial charge in [-0.2, -0.15) is 5.10 Å². The zero-order valence-corrected chi connectivity index (χ0v) is 23.1. The van der Waals surface area contributed by atoms with E-state index >= 15 is 0 Å². The van der Waals surface area contributed by atoms with Crippen molar-refractivity contribution in [2.75, 3.05) is 0 Å². The number of benzene rings is 4. The molecule has 6 aromatic rings. The van der Waals surface area contributed by atoms with Gasteiger partial charge in [-0.25, -0.2) is 5.43 Å². The lowest BCUT2D eigenvalue weighted by Crippen LogP contribution is -2.18. The highest BCUT2D eigenvalue weighted by atomic mass is 79.9. The summed E-state index contributed by atoms with van der Waals surface area (Å²) in [5.41, 5.74) is 10.4. The summed E-state index contributed by atoms with van der Waals surface area (Å²) >= 11 is 3.51. The molecule has 0 fully saturated rings. The van der Waals surface area contributed by atoms with Crippen LogP contribution in [0, 0.1) is 0 Å². The number of nitrogens with one attached hydrogen (secondary N) is 1. The van der Waals surface area contributed by atoms with Gasteiger partial charge < -0.3 is 9.13 Å². The second kappa shape index (κ2) is 11.4. The molecule has 0 aliphatic heterocycles. The first-order valence-electron chi connectivity index (χ1n) is 12.9. The Hall–Kier alpha value is -4.94. The molecule has 0 radical (unpaired) electrons. The molecule has 0 atom stereocenters. The lowest BCUT2D eigenvalue weighted by molar-refractivity contribution is 0.0955. The Balaban J connectivity index is 1.24. The van der Waals surface area contributed by atoms with Crippen molar-refractivity contribution in [2.45, 2.75) is 0 Å². The molecule has 6 rings (SSSR count). The summed E-state index contributed by atoms with van der Waals surface area (Å²) in [7, 11) is 0. The highest BCUT2D eigenvalue weighted by molar-refractivity contribution is 9.10. The standard InChI is InChI=1S/C34H25BrN4O/c35-28-13-7-14-30(23-28)38-22-8-15-31(38)24-36-37-34(40)27-16-18-29(19-17-27)39-32(25-9-3-1-4-10-25)20-21-33(39)26-11-5-2-6-12-26/h1-24H,(H,37,40)/b36-24-. The van der Waals surface area contributed by atoms with Gasteiger partial charge in [-0.05, 0) is 77.9 Å². The van der Waals surface area contributed by atoms with Crippen molar-refractivity contribution in [1.29, 1.82) is 0 Å². The molecule has 0 saturated carbocycles. The maximum atomic E-state index is 12.9. The molecule has 0 saturated heterocycles. The Morgan fingerprint density at radius 2 is 1.32 bits per heavy atom. The van der Waals surface area contributed by atoms with Crippen molar-refractivity contribution in [2.24, 2.45) is 5.10 Å². The summed E-state index contributed by atoms with van der Waals surface area (Å²) in [6.07, 6.45) is 3.60. The third-order valence-corrected chi connectivity index (χ3v) is 7.13. The van der Waals surface area contributed by atoms with Crippen LogP contribution in [-0.2, 0) is 0 Å². The predicted octanol–water partition coefficient (Wildman–Crippen LogP) is 8.13. The molecule has 1 N–H and O–H groups in total. The predicted molar refractivity (Wildman–Crippen MR) is 165 cm³/mol. The van der Waals surface area contributed by atoms with Crippen LogP contribution < -0.4 is 5.43 Å². The highest BCUT2D eigenvalue weighted by Gasteiger charge is 2.14. The topological polar surface area (TPSA) is 51.3 Å². The minimum absolute atomic E-state index is 0.276. The number of carbonyl (C=O) groups excluding carboxylic acids is 1. The van der Waals surface area contributed by atoms with Gasteiger partial charge in [0.15, 0.2) is 0 Å². The van der Waals surface area contributed by atoms with Crippen LogP contribution in [0.2, 0.25) is 0 Å². The van der Waals surface area contributed by atoms with Crippen LogP contribution in [0.4, 0.5) is 0 Å². The van der Waals surface area contributed by atoms with Crippen molar-refractivity contribution in [1.82, 2.24) is 14.6 Å². The lowest BCUT2D eigenvalue weighted by atomic mass is 10.1. The number of amides is 1. The molecule has 194 valence electrons. The molecule has 6 heteroatoms. The first-order valence-corrected chi connectivity index (χ1v) is 13.7. The first kappa shape index (κ1) is 25.3. The molecule has 5 nitrogen and oxygen atoms in total. The van der Waals surface area contributed by atoms with Crippen LogP contribution in [0.15, 0.2) is 149 Å². The van der Waals surface area contributed by atoms with Crippen molar-refractivity contribution in [3.05, 3.63) is 155 Å². The fourth-order valence-corrected chi connectivity index (χ4v) is 5.11. The Bertz CT molecular complexity index is 1730. The summed E-state index contributed by atoms with van der Waals surface area (Å²) in [4.78, 5) is 12.9. The van der Waals surface area contributed by atoms with E-state index in [-0.39, 0.29) is 5.91 Å². The molecule has 0 aliphatic carbocycles. The molecule has 2 heterocycles. The number of carbonyl (C=O) groups is 1. The van der Waals surface area contributed by atoms with Crippen molar-refractivity contribution < 1.29 is 4.79 Å². The molecule has 0 aliphatic rings. The van der Waals surface area contributed by atoms with Gasteiger partial charge in [-0.1, -0.05) is 82.7 Å². The molecular weight excluding hydrogens is 560 g/mol. The Kier molecular flexibility index (Phi) is 7.24. The summed E-state index contributed by atoms with van der Waals surface area (Å²) in [6.45, 7) is 0. The molecular formula is C34H25BrN4O. The monoisotopic (exact) mass is 584 g/mol. The van der Waals surface area contributed by atoms with Crippen LogP contribution >= 0.6 is 15.9 Å². The quantitative estimate of drug-likeness (QED) is 0.149. The lowest BCUT2D eigenvalue weighted by Gasteiger charge is -2.15. The number of halogens is 1. The number of rotatable bonds is 7. The molecule has 40 heavy (non-hydrogen) atoms. The second-order valence-electron chi connectivity index (χ2n) is 9.20. The number of hydrazone groups is 1. The number of aromatic nitrogens is 2. The van der Waals surface area contributed by atoms with Crippen LogP contribution in [-0.4, -0.2) is 21.3 Å². The average Bonchev–Trinajstić information content (AvgIpc) is 3.66. The zero-order valence-electron chi connectivity index (χ0n) is 21.5. The fraction of sp³-hybridized carbons (Fsp3) is 0. The summed E-state index contributed by atoms with van der Waals surface area (Å²) in [5, 5.41) is 4.22.